The van der Waals surface area contributed by atoms with Crippen LogP contribution in [0.15, 0.2) is 5.10 Å². The normalized spacial score (nSPS) is 30.2. The molecule has 20 heavy (non-hydrogen) atoms. The van der Waals surface area contributed by atoms with Gasteiger partial charge in [-0.05, 0) is 19.8 Å². The fourth-order valence-corrected chi connectivity index (χ4v) is 2.78. The van der Waals surface area contributed by atoms with Crippen molar-refractivity contribution < 1.29 is 9.77 Å². The van der Waals surface area contributed by atoms with Crippen LogP contribution >= 0.6 is 0 Å². The Labute approximate surface area is 119 Å². The highest BCUT2D eigenvalue weighted by molar-refractivity contribution is 5.80. The van der Waals surface area contributed by atoms with Crippen LogP contribution in [-0.2, 0) is 4.74 Å². The van der Waals surface area contributed by atoms with Crippen LogP contribution in [0.5, 0.6) is 0 Å². The average Bonchev–Trinajstić information content (AvgIpc) is 2.92. The Morgan fingerprint density at radius 1 is 1.55 bits per heavy atom. The zero-order valence-electron chi connectivity index (χ0n) is 12.4. The molecule has 2 unspecified atom stereocenters. The third kappa shape index (κ3) is 3.01. The summed E-state index contributed by atoms with van der Waals surface area (Å²) in [6, 6.07) is 0.169. The minimum Gasteiger partial charge on any atom is -0.379 e. The van der Waals surface area contributed by atoms with Gasteiger partial charge >= 0.3 is 0 Å². The molecule has 2 saturated heterocycles. The average molecular weight is 285 g/mol. The summed E-state index contributed by atoms with van der Waals surface area (Å²) in [5, 5.41) is 13.8. The molecule has 2 rings (SSSR count). The van der Waals surface area contributed by atoms with E-state index < -0.39 is 5.03 Å². The number of hydrogen-bond acceptors (Lipinski definition) is 4. The van der Waals surface area contributed by atoms with Crippen molar-refractivity contribution >= 4 is 5.96 Å². The first kappa shape index (κ1) is 15.0. The second kappa shape index (κ2) is 6.36. The lowest BCUT2D eigenvalue weighted by atomic mass is 10.2. The summed E-state index contributed by atoms with van der Waals surface area (Å²) >= 11 is 0. The van der Waals surface area contributed by atoms with Gasteiger partial charge in [0, 0.05) is 20.2 Å². The van der Waals surface area contributed by atoms with Gasteiger partial charge in [-0.3, -0.25) is 4.90 Å². The summed E-state index contributed by atoms with van der Waals surface area (Å²) in [7, 11) is 1.86. The maximum absolute atomic E-state index is 10.8. The molecular formula is C12H23N5O3. The van der Waals surface area contributed by atoms with Gasteiger partial charge < -0.3 is 14.5 Å². The van der Waals surface area contributed by atoms with Gasteiger partial charge in [0.25, 0.3) is 5.96 Å². The highest BCUT2D eigenvalue weighted by atomic mass is 16.7. The molecule has 0 radical (unpaired) electrons. The Morgan fingerprint density at radius 2 is 2.30 bits per heavy atom. The largest absolute Gasteiger partial charge is 0.379 e. The van der Waals surface area contributed by atoms with Crippen molar-refractivity contribution in [1.29, 1.82) is 0 Å². The van der Waals surface area contributed by atoms with E-state index in [0.29, 0.717) is 25.8 Å². The van der Waals surface area contributed by atoms with E-state index >= 15 is 0 Å². The predicted molar refractivity (Wildman–Crippen MR) is 74.6 cm³/mol. The van der Waals surface area contributed by atoms with Gasteiger partial charge in [-0.2, -0.15) is 0 Å². The minimum atomic E-state index is -0.614. The van der Waals surface area contributed by atoms with Crippen LogP contribution in [0.1, 0.15) is 26.7 Å². The lowest BCUT2D eigenvalue weighted by molar-refractivity contribution is -0.486. The molecule has 8 nitrogen and oxygen atoms in total. The zero-order valence-corrected chi connectivity index (χ0v) is 12.4. The SMILES string of the molecule is CCCN1CN(C2CCOC2)C(=N[N+](=O)[O-])N(C)C1C. The van der Waals surface area contributed by atoms with E-state index in [0.717, 1.165) is 19.4 Å². The maximum Gasteiger partial charge on any atom is 0.276 e. The number of nitro groups is 1. The summed E-state index contributed by atoms with van der Waals surface area (Å²) in [5.41, 5.74) is 0. The van der Waals surface area contributed by atoms with E-state index in [9.17, 15) is 10.1 Å². The number of rotatable bonds is 4. The van der Waals surface area contributed by atoms with E-state index in [2.05, 4.69) is 16.9 Å². The Balaban J connectivity index is 2.24. The van der Waals surface area contributed by atoms with E-state index in [1.54, 1.807) is 0 Å². The molecule has 0 saturated carbocycles. The molecule has 8 heteroatoms. The molecule has 0 spiro atoms. The van der Waals surface area contributed by atoms with E-state index in [1.807, 2.05) is 23.8 Å². The van der Waals surface area contributed by atoms with Gasteiger partial charge in [-0.15, -0.1) is 0 Å². The van der Waals surface area contributed by atoms with Crippen molar-refractivity contribution in [3.05, 3.63) is 10.1 Å². The zero-order chi connectivity index (χ0) is 14.7. The van der Waals surface area contributed by atoms with Gasteiger partial charge in [0.2, 0.25) is 0 Å². The molecule has 2 fully saturated rings. The fraction of sp³-hybridized carbons (Fsp3) is 0.917. The lowest BCUT2D eigenvalue weighted by Gasteiger charge is -2.48. The van der Waals surface area contributed by atoms with Crippen LogP contribution in [0, 0.1) is 10.1 Å². The number of nitrogens with zero attached hydrogens (tertiary/aromatic N) is 5. The van der Waals surface area contributed by atoms with Crippen molar-refractivity contribution in [2.24, 2.45) is 5.10 Å². The topological polar surface area (TPSA) is 74.4 Å². The first-order valence-corrected chi connectivity index (χ1v) is 7.08. The smallest absolute Gasteiger partial charge is 0.276 e. The molecule has 2 heterocycles. The molecule has 2 aliphatic heterocycles. The standard InChI is InChI=1S/C12H23N5O3/c1-4-6-15-9-16(11-5-7-20-8-11)12(13-17(18)19)14(3)10(15)2/h10-11H,4-9H2,1-3H3. The van der Waals surface area contributed by atoms with Crippen LogP contribution in [-0.4, -0.2) is 71.4 Å². The number of hydrogen-bond donors (Lipinski definition) is 0. The maximum atomic E-state index is 10.8. The Hall–Kier alpha value is -1.41. The number of hydrazone groups is 1. The lowest BCUT2D eigenvalue weighted by Crippen LogP contribution is -2.64. The summed E-state index contributed by atoms with van der Waals surface area (Å²) in [6.07, 6.45) is 2.04. The van der Waals surface area contributed by atoms with Gasteiger partial charge in [-0.25, -0.2) is 10.1 Å². The predicted octanol–water partition coefficient (Wildman–Crippen LogP) is 0.586. The summed E-state index contributed by atoms with van der Waals surface area (Å²) in [4.78, 5) is 17.0. The quantitative estimate of drug-likeness (QED) is 0.556. The van der Waals surface area contributed by atoms with E-state index in [4.69, 9.17) is 4.74 Å². The van der Waals surface area contributed by atoms with Crippen LogP contribution in [0.25, 0.3) is 0 Å². The molecule has 2 atom stereocenters. The molecule has 0 N–H and O–H groups in total. The third-order valence-electron chi connectivity index (χ3n) is 4.02. The van der Waals surface area contributed by atoms with E-state index in [1.165, 1.54) is 0 Å². The summed E-state index contributed by atoms with van der Waals surface area (Å²) in [5.74, 6) is 0.436. The summed E-state index contributed by atoms with van der Waals surface area (Å²) in [6.45, 7) is 7.13. The van der Waals surface area contributed by atoms with Crippen molar-refractivity contribution in [2.75, 3.05) is 33.5 Å². The molecule has 0 aromatic carbocycles. The minimum absolute atomic E-state index is 0.104. The monoisotopic (exact) mass is 285 g/mol. The van der Waals surface area contributed by atoms with Crippen LogP contribution in [0.2, 0.25) is 0 Å². The van der Waals surface area contributed by atoms with Crippen LogP contribution in [0.4, 0.5) is 0 Å². The second-order valence-electron chi connectivity index (χ2n) is 5.32. The Kier molecular flexibility index (Phi) is 4.77. The first-order chi connectivity index (χ1) is 9.54. The number of guanidine groups is 1. The first-order valence-electron chi connectivity index (χ1n) is 7.08. The molecule has 114 valence electrons. The Bertz CT molecular complexity index is 383. The number of ether oxygens (including phenoxy) is 1. The van der Waals surface area contributed by atoms with Crippen molar-refractivity contribution in [3.8, 4) is 0 Å². The van der Waals surface area contributed by atoms with Crippen molar-refractivity contribution in [3.63, 3.8) is 0 Å². The molecule has 0 aromatic rings. The molecule has 2 aliphatic rings. The molecule has 0 aromatic heterocycles. The summed E-state index contributed by atoms with van der Waals surface area (Å²) < 4.78 is 5.42. The highest BCUT2D eigenvalue weighted by Gasteiger charge is 2.38. The molecule has 0 amide bonds. The van der Waals surface area contributed by atoms with Gasteiger partial charge in [0.15, 0.2) is 5.03 Å². The second-order valence-corrected chi connectivity index (χ2v) is 5.32. The fourth-order valence-electron chi connectivity index (χ4n) is 2.78. The molecular weight excluding hydrogens is 262 g/mol. The third-order valence-corrected chi connectivity index (χ3v) is 4.02. The molecule has 0 aliphatic carbocycles. The van der Waals surface area contributed by atoms with Gasteiger partial charge in [0.05, 0.1) is 25.5 Å². The van der Waals surface area contributed by atoms with Crippen molar-refractivity contribution in [2.45, 2.75) is 38.9 Å². The van der Waals surface area contributed by atoms with Crippen molar-refractivity contribution in [1.82, 2.24) is 14.7 Å². The molecule has 0 bridgehead atoms. The van der Waals surface area contributed by atoms with Crippen LogP contribution < -0.4 is 0 Å². The highest BCUT2D eigenvalue weighted by Crippen LogP contribution is 2.22. The van der Waals surface area contributed by atoms with E-state index in [-0.39, 0.29) is 12.2 Å². The van der Waals surface area contributed by atoms with Crippen LogP contribution in [0.3, 0.4) is 0 Å². The van der Waals surface area contributed by atoms with Gasteiger partial charge in [-0.1, -0.05) is 6.92 Å². The Morgan fingerprint density at radius 3 is 2.85 bits per heavy atom. The van der Waals surface area contributed by atoms with Gasteiger partial charge in [0.1, 0.15) is 5.10 Å².